The van der Waals surface area contributed by atoms with Gasteiger partial charge < -0.3 is 10.3 Å². The Labute approximate surface area is 84.8 Å². The number of hydrogen-bond donors (Lipinski definition) is 2. The Bertz CT molecular complexity index is 368. The molecule has 0 aliphatic rings. The summed E-state index contributed by atoms with van der Waals surface area (Å²) in [5.41, 5.74) is 0. The molecular formula is C8H8ClN3S. The van der Waals surface area contributed by atoms with Crippen molar-refractivity contribution < 1.29 is 0 Å². The predicted octanol–water partition coefficient (Wildman–Crippen LogP) is 2.74. The van der Waals surface area contributed by atoms with Gasteiger partial charge >= 0.3 is 0 Å². The molecule has 0 saturated heterocycles. The number of aromatic amines is 1. The van der Waals surface area contributed by atoms with E-state index in [0.29, 0.717) is 0 Å². The Morgan fingerprint density at radius 1 is 1.54 bits per heavy atom. The molecule has 0 bridgehead atoms. The van der Waals surface area contributed by atoms with Gasteiger partial charge in [-0.05, 0) is 12.1 Å². The fraction of sp³-hybridized carbons (Fsp3) is 0.125. The molecule has 0 aliphatic heterocycles. The van der Waals surface area contributed by atoms with Crippen LogP contribution in [0.5, 0.6) is 0 Å². The molecule has 0 aliphatic carbocycles. The Balaban J connectivity index is 1.93. The van der Waals surface area contributed by atoms with Gasteiger partial charge in [-0.1, -0.05) is 11.6 Å². The van der Waals surface area contributed by atoms with Crippen molar-refractivity contribution in [3.8, 4) is 0 Å². The maximum absolute atomic E-state index is 5.79. The van der Waals surface area contributed by atoms with E-state index in [9.17, 15) is 0 Å². The highest BCUT2D eigenvalue weighted by molar-refractivity contribution is 7.16. The number of rotatable bonds is 3. The highest BCUT2D eigenvalue weighted by Gasteiger charge is 1.98. The zero-order valence-corrected chi connectivity index (χ0v) is 8.32. The van der Waals surface area contributed by atoms with Crippen LogP contribution in [0.15, 0.2) is 24.5 Å². The lowest BCUT2D eigenvalue weighted by Gasteiger charge is -1.98. The van der Waals surface area contributed by atoms with E-state index in [0.717, 1.165) is 16.8 Å². The monoisotopic (exact) mass is 213 g/mol. The van der Waals surface area contributed by atoms with E-state index >= 15 is 0 Å². The van der Waals surface area contributed by atoms with Gasteiger partial charge in [0.2, 0.25) is 0 Å². The predicted molar refractivity (Wildman–Crippen MR) is 55.2 cm³/mol. The van der Waals surface area contributed by atoms with Crippen LogP contribution in [0, 0.1) is 0 Å². The van der Waals surface area contributed by atoms with Gasteiger partial charge in [0.15, 0.2) is 5.95 Å². The topological polar surface area (TPSA) is 40.7 Å². The van der Waals surface area contributed by atoms with Crippen molar-refractivity contribution in [1.29, 1.82) is 0 Å². The van der Waals surface area contributed by atoms with Crippen LogP contribution in [-0.4, -0.2) is 9.97 Å². The molecule has 0 atom stereocenters. The van der Waals surface area contributed by atoms with Crippen molar-refractivity contribution >= 4 is 28.9 Å². The van der Waals surface area contributed by atoms with Crippen LogP contribution in [0.1, 0.15) is 4.88 Å². The number of nitrogens with zero attached hydrogens (tertiary/aromatic N) is 1. The van der Waals surface area contributed by atoms with Crippen LogP contribution in [0.3, 0.4) is 0 Å². The number of H-pyrrole nitrogens is 1. The normalized spacial score (nSPS) is 10.2. The standard InChI is InChI=1S/C8H8ClN3S/c9-7-2-1-6(13-7)5-12-8-10-3-4-11-8/h1-4H,5H2,(H2,10,11,12). The van der Waals surface area contributed by atoms with Gasteiger partial charge in [-0.25, -0.2) is 4.98 Å². The summed E-state index contributed by atoms with van der Waals surface area (Å²) in [7, 11) is 0. The lowest BCUT2D eigenvalue weighted by atomic mass is 10.5. The first kappa shape index (κ1) is 8.59. The Morgan fingerprint density at radius 2 is 2.46 bits per heavy atom. The van der Waals surface area contributed by atoms with E-state index in [1.165, 1.54) is 4.88 Å². The van der Waals surface area contributed by atoms with E-state index in [2.05, 4.69) is 15.3 Å². The van der Waals surface area contributed by atoms with Gasteiger partial charge in [0.25, 0.3) is 0 Å². The molecule has 0 amide bonds. The molecule has 13 heavy (non-hydrogen) atoms. The summed E-state index contributed by atoms with van der Waals surface area (Å²) in [6, 6.07) is 3.90. The summed E-state index contributed by atoms with van der Waals surface area (Å²) in [5.74, 6) is 0.782. The molecule has 0 aromatic carbocycles. The summed E-state index contributed by atoms with van der Waals surface area (Å²) in [4.78, 5) is 8.20. The average Bonchev–Trinajstić information content (AvgIpc) is 2.71. The van der Waals surface area contributed by atoms with Crippen molar-refractivity contribution in [2.45, 2.75) is 6.54 Å². The van der Waals surface area contributed by atoms with Crippen molar-refractivity contribution in [3.05, 3.63) is 33.7 Å². The Hall–Kier alpha value is -1.00. The summed E-state index contributed by atoms with van der Waals surface area (Å²) in [6.45, 7) is 0.755. The molecule has 2 rings (SSSR count). The van der Waals surface area contributed by atoms with Gasteiger partial charge in [-0.2, -0.15) is 0 Å². The molecule has 2 N–H and O–H groups in total. The average molecular weight is 214 g/mol. The number of aromatic nitrogens is 2. The number of hydrogen-bond acceptors (Lipinski definition) is 3. The molecule has 5 heteroatoms. The highest BCUT2D eigenvalue weighted by atomic mass is 35.5. The van der Waals surface area contributed by atoms with Crippen LogP contribution in [0.4, 0.5) is 5.95 Å². The second-order valence-electron chi connectivity index (χ2n) is 2.50. The van der Waals surface area contributed by atoms with E-state index in [1.54, 1.807) is 23.7 Å². The van der Waals surface area contributed by atoms with Gasteiger partial charge in [0.1, 0.15) is 0 Å². The lowest BCUT2D eigenvalue weighted by molar-refractivity contribution is 1.12. The van der Waals surface area contributed by atoms with E-state index in [4.69, 9.17) is 11.6 Å². The minimum absolute atomic E-state index is 0.755. The summed E-state index contributed by atoms with van der Waals surface area (Å²) in [5, 5.41) is 3.14. The van der Waals surface area contributed by atoms with Gasteiger partial charge in [-0.3, -0.25) is 0 Å². The molecule has 0 spiro atoms. The summed E-state index contributed by atoms with van der Waals surface area (Å²) >= 11 is 7.36. The maximum atomic E-state index is 5.79. The van der Waals surface area contributed by atoms with E-state index < -0.39 is 0 Å². The molecule has 3 nitrogen and oxygen atoms in total. The number of thiophene rings is 1. The quantitative estimate of drug-likeness (QED) is 0.823. The molecule has 2 aromatic heterocycles. The van der Waals surface area contributed by atoms with Gasteiger partial charge in [0.05, 0.1) is 10.9 Å². The first-order valence-electron chi connectivity index (χ1n) is 3.82. The van der Waals surface area contributed by atoms with Crippen LogP contribution >= 0.6 is 22.9 Å². The number of nitrogens with one attached hydrogen (secondary N) is 2. The molecule has 2 aromatic rings. The molecule has 68 valence electrons. The first-order valence-corrected chi connectivity index (χ1v) is 5.01. The second-order valence-corrected chi connectivity index (χ2v) is 4.30. The Kier molecular flexibility index (Phi) is 2.52. The van der Waals surface area contributed by atoms with Crippen molar-refractivity contribution in [3.63, 3.8) is 0 Å². The minimum Gasteiger partial charge on any atom is -0.351 e. The fourth-order valence-electron chi connectivity index (χ4n) is 0.980. The summed E-state index contributed by atoms with van der Waals surface area (Å²) in [6.07, 6.45) is 3.49. The van der Waals surface area contributed by atoms with Crippen molar-refractivity contribution in [2.75, 3.05) is 5.32 Å². The van der Waals surface area contributed by atoms with Crippen LogP contribution in [0.2, 0.25) is 4.34 Å². The highest BCUT2D eigenvalue weighted by Crippen LogP contribution is 2.21. The maximum Gasteiger partial charge on any atom is 0.200 e. The smallest absolute Gasteiger partial charge is 0.200 e. The molecule has 0 unspecified atom stereocenters. The van der Waals surface area contributed by atoms with Gasteiger partial charge in [0, 0.05) is 17.3 Å². The number of anilines is 1. The molecule has 0 saturated carbocycles. The molecule has 0 radical (unpaired) electrons. The van der Waals surface area contributed by atoms with Crippen LogP contribution in [0.25, 0.3) is 0 Å². The second kappa shape index (κ2) is 3.81. The number of halogens is 1. The largest absolute Gasteiger partial charge is 0.351 e. The van der Waals surface area contributed by atoms with Crippen LogP contribution in [-0.2, 0) is 6.54 Å². The third-order valence-corrected chi connectivity index (χ3v) is 2.79. The molecular weight excluding hydrogens is 206 g/mol. The number of imidazole rings is 1. The van der Waals surface area contributed by atoms with Gasteiger partial charge in [-0.15, -0.1) is 11.3 Å². The third kappa shape index (κ3) is 2.23. The zero-order valence-electron chi connectivity index (χ0n) is 6.75. The van der Waals surface area contributed by atoms with Crippen molar-refractivity contribution in [1.82, 2.24) is 9.97 Å². The SMILES string of the molecule is Clc1ccc(CNc2ncc[nH]2)s1. The molecule has 0 fully saturated rings. The lowest BCUT2D eigenvalue weighted by Crippen LogP contribution is -1.98. The van der Waals surface area contributed by atoms with E-state index in [1.807, 2.05) is 12.1 Å². The third-order valence-electron chi connectivity index (χ3n) is 1.56. The van der Waals surface area contributed by atoms with E-state index in [-0.39, 0.29) is 0 Å². The van der Waals surface area contributed by atoms with Crippen LogP contribution < -0.4 is 5.32 Å². The van der Waals surface area contributed by atoms with Crippen molar-refractivity contribution in [2.24, 2.45) is 0 Å². The molecule has 2 heterocycles. The minimum atomic E-state index is 0.755. The fourth-order valence-corrected chi connectivity index (χ4v) is 2.01. The first-order chi connectivity index (χ1) is 6.34. The Morgan fingerprint density at radius 3 is 3.08 bits per heavy atom. The zero-order chi connectivity index (χ0) is 9.10. The summed E-state index contributed by atoms with van der Waals surface area (Å²) < 4.78 is 0.816.